The first kappa shape index (κ1) is 10.8. The standard InChI is InChI=1S/C12H22O/c1-3-11(2)7-5-4-6-8-12(13)9-10-12/h7,13H,3-6,8-10H2,1-2H3. The quantitative estimate of drug-likeness (QED) is 0.493. The largest absolute Gasteiger partial charge is 0.390 e. The van der Waals surface area contributed by atoms with Gasteiger partial charge < -0.3 is 5.11 Å². The van der Waals surface area contributed by atoms with Gasteiger partial charge in [-0.3, -0.25) is 0 Å². The summed E-state index contributed by atoms with van der Waals surface area (Å²) in [4.78, 5) is 0. The molecule has 0 heterocycles. The summed E-state index contributed by atoms with van der Waals surface area (Å²) in [6, 6.07) is 0. The average Bonchev–Trinajstić information content (AvgIpc) is 2.83. The molecule has 0 aromatic heterocycles. The van der Waals surface area contributed by atoms with Crippen molar-refractivity contribution in [3.8, 4) is 0 Å². The molecular formula is C12H22O. The Hall–Kier alpha value is -0.300. The smallest absolute Gasteiger partial charge is 0.0650 e. The van der Waals surface area contributed by atoms with E-state index < -0.39 is 0 Å². The summed E-state index contributed by atoms with van der Waals surface area (Å²) < 4.78 is 0. The van der Waals surface area contributed by atoms with Crippen molar-refractivity contribution in [1.82, 2.24) is 0 Å². The molecule has 1 saturated carbocycles. The van der Waals surface area contributed by atoms with Gasteiger partial charge in [-0.1, -0.05) is 25.0 Å². The fourth-order valence-electron chi connectivity index (χ4n) is 1.49. The third-order valence-electron chi connectivity index (χ3n) is 2.97. The van der Waals surface area contributed by atoms with E-state index in [0.717, 1.165) is 19.3 Å². The lowest BCUT2D eigenvalue weighted by atomic mass is 10.1. The van der Waals surface area contributed by atoms with E-state index in [1.54, 1.807) is 0 Å². The van der Waals surface area contributed by atoms with Crippen molar-refractivity contribution >= 4 is 0 Å². The maximum atomic E-state index is 9.57. The van der Waals surface area contributed by atoms with Crippen LogP contribution in [-0.2, 0) is 0 Å². The van der Waals surface area contributed by atoms with Crippen LogP contribution in [0.4, 0.5) is 0 Å². The van der Waals surface area contributed by atoms with E-state index in [1.807, 2.05) is 0 Å². The molecular weight excluding hydrogens is 160 g/mol. The summed E-state index contributed by atoms with van der Waals surface area (Å²) in [5.74, 6) is 0. The molecule has 76 valence electrons. The van der Waals surface area contributed by atoms with Gasteiger partial charge in [0.1, 0.15) is 0 Å². The minimum absolute atomic E-state index is 0.233. The monoisotopic (exact) mass is 182 g/mol. The average molecular weight is 182 g/mol. The van der Waals surface area contributed by atoms with Crippen molar-refractivity contribution in [2.24, 2.45) is 0 Å². The summed E-state index contributed by atoms with van der Waals surface area (Å²) >= 11 is 0. The third-order valence-corrected chi connectivity index (χ3v) is 2.97. The Labute approximate surface area is 81.9 Å². The number of hydrogen-bond acceptors (Lipinski definition) is 1. The van der Waals surface area contributed by atoms with E-state index in [1.165, 1.54) is 31.3 Å². The first-order chi connectivity index (χ1) is 6.16. The second-order valence-electron chi connectivity index (χ2n) is 4.37. The number of unbranched alkanes of at least 4 members (excludes halogenated alkanes) is 2. The highest BCUT2D eigenvalue weighted by molar-refractivity contribution is 4.97. The highest BCUT2D eigenvalue weighted by Gasteiger charge is 2.38. The minimum Gasteiger partial charge on any atom is -0.390 e. The van der Waals surface area contributed by atoms with Crippen LogP contribution in [0.2, 0.25) is 0 Å². The SMILES string of the molecule is CCC(C)=CCCCCC1(O)CC1. The fraction of sp³-hybridized carbons (Fsp3) is 0.833. The summed E-state index contributed by atoms with van der Waals surface area (Å²) in [6.07, 6.45) is 10.2. The van der Waals surface area contributed by atoms with Crippen LogP contribution in [0.25, 0.3) is 0 Å². The van der Waals surface area contributed by atoms with Gasteiger partial charge in [0.25, 0.3) is 0 Å². The van der Waals surface area contributed by atoms with Gasteiger partial charge in [0.15, 0.2) is 0 Å². The molecule has 0 amide bonds. The minimum atomic E-state index is -0.233. The highest BCUT2D eigenvalue weighted by atomic mass is 16.3. The number of aliphatic hydroxyl groups is 1. The van der Waals surface area contributed by atoms with Crippen LogP contribution in [0.5, 0.6) is 0 Å². The Balaban J connectivity index is 1.95. The van der Waals surface area contributed by atoms with E-state index >= 15 is 0 Å². The molecule has 0 aromatic carbocycles. The van der Waals surface area contributed by atoms with Crippen LogP contribution in [0.3, 0.4) is 0 Å². The molecule has 1 heteroatoms. The Kier molecular flexibility index (Phi) is 3.98. The molecule has 0 saturated heterocycles. The molecule has 0 bridgehead atoms. The van der Waals surface area contributed by atoms with Gasteiger partial charge in [0, 0.05) is 0 Å². The zero-order valence-electron chi connectivity index (χ0n) is 8.97. The topological polar surface area (TPSA) is 20.2 Å². The predicted molar refractivity (Wildman–Crippen MR) is 56.7 cm³/mol. The van der Waals surface area contributed by atoms with Gasteiger partial charge >= 0.3 is 0 Å². The van der Waals surface area contributed by atoms with E-state index in [2.05, 4.69) is 19.9 Å². The molecule has 13 heavy (non-hydrogen) atoms. The van der Waals surface area contributed by atoms with Crippen molar-refractivity contribution in [3.63, 3.8) is 0 Å². The lowest BCUT2D eigenvalue weighted by Gasteiger charge is -2.05. The highest BCUT2D eigenvalue weighted by Crippen LogP contribution is 2.39. The second-order valence-corrected chi connectivity index (χ2v) is 4.37. The van der Waals surface area contributed by atoms with Crippen molar-refractivity contribution in [3.05, 3.63) is 11.6 Å². The molecule has 0 spiro atoms. The van der Waals surface area contributed by atoms with Gasteiger partial charge in [-0.05, 0) is 45.4 Å². The van der Waals surface area contributed by atoms with Gasteiger partial charge in [0.2, 0.25) is 0 Å². The summed E-state index contributed by atoms with van der Waals surface area (Å²) in [5.41, 5.74) is 1.26. The molecule has 1 aliphatic carbocycles. The molecule has 1 fully saturated rings. The van der Waals surface area contributed by atoms with Gasteiger partial charge in [-0.2, -0.15) is 0 Å². The molecule has 0 unspecified atom stereocenters. The van der Waals surface area contributed by atoms with Crippen LogP contribution in [0.15, 0.2) is 11.6 Å². The molecule has 1 N–H and O–H groups in total. The van der Waals surface area contributed by atoms with Crippen LogP contribution in [-0.4, -0.2) is 10.7 Å². The first-order valence-electron chi connectivity index (χ1n) is 5.54. The van der Waals surface area contributed by atoms with E-state index in [4.69, 9.17) is 0 Å². The zero-order valence-corrected chi connectivity index (χ0v) is 8.97. The lowest BCUT2D eigenvalue weighted by molar-refractivity contribution is 0.137. The molecule has 1 rings (SSSR count). The van der Waals surface area contributed by atoms with Gasteiger partial charge in [-0.25, -0.2) is 0 Å². The van der Waals surface area contributed by atoms with Crippen molar-refractivity contribution < 1.29 is 5.11 Å². The van der Waals surface area contributed by atoms with E-state index in [-0.39, 0.29) is 5.60 Å². The Bertz CT molecular complexity index is 178. The molecule has 0 aliphatic heterocycles. The number of rotatable bonds is 6. The summed E-state index contributed by atoms with van der Waals surface area (Å²) in [5, 5.41) is 9.57. The predicted octanol–water partition coefficient (Wildman–Crippen LogP) is 3.43. The Morgan fingerprint density at radius 3 is 2.62 bits per heavy atom. The van der Waals surface area contributed by atoms with Crippen LogP contribution in [0, 0.1) is 0 Å². The maximum absolute atomic E-state index is 9.57. The number of hydrogen-bond donors (Lipinski definition) is 1. The van der Waals surface area contributed by atoms with Crippen LogP contribution in [0.1, 0.15) is 58.8 Å². The fourth-order valence-corrected chi connectivity index (χ4v) is 1.49. The Morgan fingerprint density at radius 2 is 2.08 bits per heavy atom. The van der Waals surface area contributed by atoms with E-state index in [0.29, 0.717) is 0 Å². The molecule has 0 aromatic rings. The molecule has 1 nitrogen and oxygen atoms in total. The molecule has 1 aliphatic rings. The van der Waals surface area contributed by atoms with Crippen LogP contribution >= 0.6 is 0 Å². The van der Waals surface area contributed by atoms with Crippen molar-refractivity contribution in [1.29, 1.82) is 0 Å². The summed E-state index contributed by atoms with van der Waals surface area (Å²) in [6.45, 7) is 4.38. The van der Waals surface area contributed by atoms with E-state index in [9.17, 15) is 5.11 Å². The normalized spacial score (nSPS) is 20.4. The van der Waals surface area contributed by atoms with Crippen LogP contribution < -0.4 is 0 Å². The molecule has 0 atom stereocenters. The number of allylic oxidation sites excluding steroid dienone is 2. The third kappa shape index (κ3) is 4.47. The lowest BCUT2D eigenvalue weighted by Crippen LogP contribution is -2.05. The molecule has 0 radical (unpaired) electrons. The summed E-state index contributed by atoms with van der Waals surface area (Å²) in [7, 11) is 0. The van der Waals surface area contributed by atoms with Crippen molar-refractivity contribution in [2.75, 3.05) is 0 Å². The Morgan fingerprint density at radius 1 is 1.38 bits per heavy atom. The first-order valence-corrected chi connectivity index (χ1v) is 5.54. The van der Waals surface area contributed by atoms with Crippen molar-refractivity contribution in [2.45, 2.75) is 64.4 Å². The zero-order chi connectivity index (χ0) is 9.73. The van der Waals surface area contributed by atoms with Gasteiger partial charge in [-0.15, -0.1) is 0 Å². The second kappa shape index (κ2) is 4.80. The van der Waals surface area contributed by atoms with Gasteiger partial charge in [0.05, 0.1) is 5.60 Å². The maximum Gasteiger partial charge on any atom is 0.0650 e.